The highest BCUT2D eigenvalue weighted by Gasteiger charge is 2.19. The Kier molecular flexibility index (Phi) is 6.22. The predicted octanol–water partition coefficient (Wildman–Crippen LogP) is 4.58. The molecule has 0 fully saturated rings. The molecule has 0 heterocycles. The van der Waals surface area contributed by atoms with Crippen molar-refractivity contribution in [3.63, 3.8) is 0 Å². The van der Waals surface area contributed by atoms with E-state index in [-0.39, 0.29) is 0 Å². The Balaban J connectivity index is 2.03. The van der Waals surface area contributed by atoms with Crippen LogP contribution >= 0.6 is 0 Å². The molecule has 0 aliphatic heterocycles. The first-order valence-electron chi connectivity index (χ1n) is 8.08. The maximum atomic E-state index is 13.5. The van der Waals surface area contributed by atoms with Gasteiger partial charge in [-0.2, -0.15) is 0 Å². The summed E-state index contributed by atoms with van der Waals surface area (Å²) in [5.41, 5.74) is 1.93. The second-order valence-corrected chi connectivity index (χ2v) is 5.75. The van der Waals surface area contributed by atoms with Crippen LogP contribution in [0.3, 0.4) is 0 Å². The van der Waals surface area contributed by atoms with Gasteiger partial charge in [0.25, 0.3) is 5.91 Å². The lowest BCUT2D eigenvalue weighted by atomic mass is 10.0. The van der Waals surface area contributed by atoms with Crippen molar-refractivity contribution in [1.29, 1.82) is 0 Å². The number of amides is 3. The molecule has 2 rings (SSSR count). The average molecular weight is 346 g/mol. The summed E-state index contributed by atoms with van der Waals surface area (Å²) in [6, 6.07) is 7.63. The highest BCUT2D eigenvalue weighted by molar-refractivity contribution is 6.08. The lowest BCUT2D eigenvalue weighted by molar-refractivity contribution is 0.0959. The molecule has 0 spiro atoms. The summed E-state index contributed by atoms with van der Waals surface area (Å²) in [5.74, 6) is -3.19. The molecular formula is C19H20F2N2O2. The van der Waals surface area contributed by atoms with E-state index < -0.39 is 29.1 Å². The number of nitrogens with one attached hydrogen (secondary N) is 2. The van der Waals surface area contributed by atoms with E-state index in [1.54, 1.807) is 12.1 Å². The van der Waals surface area contributed by atoms with Crippen molar-refractivity contribution >= 4 is 17.6 Å². The summed E-state index contributed by atoms with van der Waals surface area (Å²) in [6.07, 6.45) is 3.13. The first-order valence-corrected chi connectivity index (χ1v) is 8.08. The first kappa shape index (κ1) is 18.6. The van der Waals surface area contributed by atoms with Crippen molar-refractivity contribution in [3.8, 4) is 0 Å². The van der Waals surface area contributed by atoms with Crippen molar-refractivity contribution in [2.75, 3.05) is 5.32 Å². The Morgan fingerprint density at radius 1 is 1.08 bits per heavy atom. The first-order chi connectivity index (χ1) is 11.9. The van der Waals surface area contributed by atoms with Crippen molar-refractivity contribution < 1.29 is 18.4 Å². The third-order valence-corrected chi connectivity index (χ3v) is 3.82. The Morgan fingerprint density at radius 3 is 2.36 bits per heavy atom. The van der Waals surface area contributed by atoms with Crippen LogP contribution in [-0.4, -0.2) is 11.9 Å². The van der Waals surface area contributed by atoms with Crippen molar-refractivity contribution in [2.24, 2.45) is 0 Å². The number of carbonyl (C=O) groups is 2. The molecular weight excluding hydrogens is 326 g/mol. The number of hydrogen-bond donors (Lipinski definition) is 2. The number of hydrogen-bond acceptors (Lipinski definition) is 2. The smallest absolute Gasteiger partial charge is 0.308 e. The fourth-order valence-corrected chi connectivity index (χ4v) is 2.46. The number of aryl methyl sites for hydroxylation is 2. The standard InChI is InChI=1S/C19H20F2N2O2/c1-3-4-6-13-9-10-14(11-12(13)2)22-19(25)23-18(24)17-15(20)7-5-8-16(17)21/h5,7-11H,3-4,6H2,1-2H3,(H2,22,23,24,25). The van der Waals surface area contributed by atoms with Gasteiger partial charge in [-0.1, -0.05) is 25.5 Å². The number of anilines is 1. The van der Waals surface area contributed by atoms with Crippen LogP contribution in [0.2, 0.25) is 0 Å². The third kappa shape index (κ3) is 4.86. The van der Waals surface area contributed by atoms with Gasteiger partial charge in [0, 0.05) is 5.69 Å². The summed E-state index contributed by atoms with van der Waals surface area (Å²) in [4.78, 5) is 23.8. The van der Waals surface area contributed by atoms with Gasteiger partial charge in [0.1, 0.15) is 17.2 Å². The Hall–Kier alpha value is -2.76. The van der Waals surface area contributed by atoms with Crippen LogP contribution < -0.4 is 10.6 Å². The number of urea groups is 1. The molecule has 2 aromatic carbocycles. The summed E-state index contributed by atoms with van der Waals surface area (Å²) in [5, 5.41) is 4.42. The van der Waals surface area contributed by atoms with Crippen molar-refractivity contribution in [1.82, 2.24) is 5.32 Å². The van der Waals surface area contributed by atoms with Gasteiger partial charge in [0.05, 0.1) is 0 Å². The summed E-state index contributed by atoms with van der Waals surface area (Å²) < 4.78 is 27.1. The topological polar surface area (TPSA) is 58.2 Å². The minimum Gasteiger partial charge on any atom is -0.308 e. The molecule has 0 aliphatic carbocycles. The largest absolute Gasteiger partial charge is 0.326 e. The van der Waals surface area contributed by atoms with Crippen LogP contribution in [-0.2, 0) is 6.42 Å². The van der Waals surface area contributed by atoms with Crippen molar-refractivity contribution in [3.05, 3.63) is 64.7 Å². The molecule has 0 radical (unpaired) electrons. The lowest BCUT2D eigenvalue weighted by Gasteiger charge is -2.11. The maximum absolute atomic E-state index is 13.5. The van der Waals surface area contributed by atoms with E-state index in [2.05, 4.69) is 12.2 Å². The van der Waals surface area contributed by atoms with Crippen LogP contribution in [0, 0.1) is 18.6 Å². The molecule has 0 aromatic heterocycles. The van der Waals surface area contributed by atoms with E-state index in [9.17, 15) is 18.4 Å². The Bertz CT molecular complexity index is 771. The van der Waals surface area contributed by atoms with Gasteiger partial charge in [-0.05, 0) is 55.2 Å². The number of imide groups is 1. The van der Waals surface area contributed by atoms with Gasteiger partial charge in [0.2, 0.25) is 0 Å². The van der Waals surface area contributed by atoms with Gasteiger partial charge < -0.3 is 5.32 Å². The SMILES string of the molecule is CCCCc1ccc(NC(=O)NC(=O)c2c(F)cccc2F)cc1C. The number of halogens is 2. The summed E-state index contributed by atoms with van der Waals surface area (Å²) in [6.45, 7) is 4.05. The highest BCUT2D eigenvalue weighted by atomic mass is 19.1. The van der Waals surface area contributed by atoms with Crippen LogP contribution in [0.4, 0.5) is 19.3 Å². The molecule has 132 valence electrons. The summed E-state index contributed by atoms with van der Waals surface area (Å²) in [7, 11) is 0. The maximum Gasteiger partial charge on any atom is 0.326 e. The minimum absolute atomic E-state index is 0.497. The van der Waals surface area contributed by atoms with E-state index in [1.807, 2.05) is 18.3 Å². The molecule has 0 aliphatic rings. The van der Waals surface area contributed by atoms with E-state index in [1.165, 1.54) is 5.56 Å². The van der Waals surface area contributed by atoms with Gasteiger partial charge >= 0.3 is 6.03 Å². The molecule has 0 unspecified atom stereocenters. The number of benzene rings is 2. The van der Waals surface area contributed by atoms with Gasteiger partial charge in [0.15, 0.2) is 0 Å². The molecule has 0 atom stereocenters. The lowest BCUT2D eigenvalue weighted by Crippen LogP contribution is -2.35. The molecule has 0 saturated heterocycles. The number of rotatable bonds is 5. The van der Waals surface area contributed by atoms with Crippen LogP contribution in [0.25, 0.3) is 0 Å². The highest BCUT2D eigenvalue weighted by Crippen LogP contribution is 2.17. The molecule has 0 saturated carbocycles. The molecule has 2 aromatic rings. The molecule has 0 bridgehead atoms. The predicted molar refractivity (Wildman–Crippen MR) is 92.6 cm³/mol. The normalized spacial score (nSPS) is 10.4. The quantitative estimate of drug-likeness (QED) is 0.833. The van der Waals surface area contributed by atoms with E-state index in [0.717, 1.165) is 43.0 Å². The molecule has 25 heavy (non-hydrogen) atoms. The second kappa shape index (κ2) is 8.37. The number of unbranched alkanes of at least 4 members (excludes halogenated alkanes) is 1. The number of carbonyl (C=O) groups excluding carboxylic acids is 2. The van der Waals surface area contributed by atoms with Crippen LogP contribution in [0.15, 0.2) is 36.4 Å². The van der Waals surface area contributed by atoms with Crippen LogP contribution in [0.1, 0.15) is 41.3 Å². The molecule has 3 amide bonds. The fourth-order valence-electron chi connectivity index (χ4n) is 2.46. The Morgan fingerprint density at radius 2 is 1.76 bits per heavy atom. The zero-order valence-electron chi connectivity index (χ0n) is 14.2. The molecule has 6 heteroatoms. The van der Waals surface area contributed by atoms with Gasteiger partial charge in [-0.3, -0.25) is 10.1 Å². The van der Waals surface area contributed by atoms with Gasteiger partial charge in [-0.15, -0.1) is 0 Å². The van der Waals surface area contributed by atoms with E-state index in [0.29, 0.717) is 5.69 Å². The Labute approximate surface area is 145 Å². The molecule has 4 nitrogen and oxygen atoms in total. The average Bonchev–Trinajstić information content (AvgIpc) is 2.53. The summed E-state index contributed by atoms with van der Waals surface area (Å²) >= 11 is 0. The molecule has 2 N–H and O–H groups in total. The minimum atomic E-state index is -1.13. The van der Waals surface area contributed by atoms with E-state index >= 15 is 0 Å². The zero-order valence-corrected chi connectivity index (χ0v) is 14.2. The van der Waals surface area contributed by atoms with E-state index in [4.69, 9.17) is 0 Å². The van der Waals surface area contributed by atoms with Crippen LogP contribution in [0.5, 0.6) is 0 Å². The second-order valence-electron chi connectivity index (χ2n) is 5.75. The van der Waals surface area contributed by atoms with Gasteiger partial charge in [-0.25, -0.2) is 13.6 Å². The third-order valence-electron chi connectivity index (χ3n) is 3.82. The monoisotopic (exact) mass is 346 g/mol. The fraction of sp³-hybridized carbons (Fsp3) is 0.263. The zero-order chi connectivity index (χ0) is 18.4. The van der Waals surface area contributed by atoms with Crippen molar-refractivity contribution in [2.45, 2.75) is 33.1 Å².